The number of H-pyrrole nitrogens is 1. The van der Waals surface area contributed by atoms with Crippen molar-refractivity contribution < 1.29 is 28.8 Å². The Morgan fingerprint density at radius 1 is 1.00 bits per heavy atom. The Balaban J connectivity index is 1.09. The van der Waals surface area contributed by atoms with Gasteiger partial charge in [0.25, 0.3) is 11.6 Å². The molecule has 2 aliphatic heterocycles. The molecule has 14 heteroatoms. The molecule has 0 unspecified atom stereocenters. The van der Waals surface area contributed by atoms with Gasteiger partial charge in [0.05, 0.1) is 34.1 Å². The minimum atomic E-state index is -0.523. The van der Waals surface area contributed by atoms with E-state index in [0.717, 1.165) is 32.4 Å². The highest BCUT2D eigenvalue weighted by atomic mass is 32.2. The summed E-state index contributed by atoms with van der Waals surface area (Å²) in [6, 6.07) is 18.6. The fourth-order valence-corrected chi connectivity index (χ4v) is 11.4. The molecule has 0 radical (unpaired) electrons. The van der Waals surface area contributed by atoms with E-state index in [0.29, 0.717) is 35.9 Å². The molecule has 3 aromatic carbocycles. The number of aryl methyl sites for hydroxylation is 1. The van der Waals surface area contributed by atoms with E-state index in [9.17, 15) is 29.3 Å². The number of aromatic nitrogens is 1. The van der Waals surface area contributed by atoms with Gasteiger partial charge in [0, 0.05) is 33.9 Å². The highest BCUT2D eigenvalue weighted by Gasteiger charge is 2.69. The van der Waals surface area contributed by atoms with Crippen LogP contribution in [0.2, 0.25) is 0 Å². The molecule has 2 saturated carbocycles. The second-order valence-corrected chi connectivity index (χ2v) is 15.3. The second-order valence-electron chi connectivity index (χ2n) is 13.1. The monoisotopic (exact) mass is 712 g/mol. The normalized spacial score (nSPS) is 26.0. The van der Waals surface area contributed by atoms with Crippen molar-refractivity contribution in [3.63, 3.8) is 0 Å². The van der Waals surface area contributed by atoms with E-state index < -0.39 is 16.8 Å². The maximum Gasteiger partial charge on any atom is 0.305 e. The van der Waals surface area contributed by atoms with E-state index in [1.54, 1.807) is 17.8 Å². The number of amides is 3. The van der Waals surface area contributed by atoms with E-state index >= 15 is 0 Å². The predicted octanol–water partition coefficient (Wildman–Crippen LogP) is 5.75. The van der Waals surface area contributed by atoms with Crippen molar-refractivity contribution in [2.75, 3.05) is 23.4 Å². The number of anilines is 2. The molecule has 8 rings (SSSR count). The average molecular weight is 713 g/mol. The van der Waals surface area contributed by atoms with Crippen molar-refractivity contribution in [2.45, 2.75) is 36.5 Å². The molecular weight excluding hydrogens is 681 g/mol. The molecule has 4 aliphatic rings. The number of aromatic amines is 1. The second kappa shape index (κ2) is 12.4. The highest BCUT2D eigenvalue weighted by molar-refractivity contribution is 8.00. The van der Waals surface area contributed by atoms with Crippen LogP contribution in [0.4, 0.5) is 17.1 Å². The molecule has 4 aromatic rings. The van der Waals surface area contributed by atoms with E-state index in [1.807, 2.05) is 50.2 Å². The number of thiazole rings is 1. The first-order valence-electron chi connectivity index (χ1n) is 16.4. The zero-order valence-corrected chi connectivity index (χ0v) is 28.6. The molecule has 0 spiro atoms. The number of nitro benzene ring substituents is 1. The van der Waals surface area contributed by atoms with Crippen molar-refractivity contribution in [3.05, 3.63) is 103 Å². The lowest BCUT2D eigenvalue weighted by atomic mass is 9.68. The SMILES string of the molecule is CCOc1cc([C@@H]2c3sc(=O)[nH]c3S[C@@H]3[C@@H]4C[C@@H]([C@@H]5C(=O)N(c6ccc([N+](=O)[O-])cc6)C(=O)[C@@H]45)[C@H]23)ccc1OCC(=O)Nc1cccc(C)c1. The van der Waals surface area contributed by atoms with Gasteiger partial charge in [-0.1, -0.05) is 29.5 Å². The molecule has 256 valence electrons. The number of imide groups is 1. The van der Waals surface area contributed by atoms with Crippen molar-refractivity contribution in [3.8, 4) is 11.5 Å². The number of nitrogens with one attached hydrogen (secondary N) is 2. The summed E-state index contributed by atoms with van der Waals surface area (Å²) >= 11 is 2.75. The molecule has 2 N–H and O–H groups in total. The molecule has 7 atom stereocenters. The maximum atomic E-state index is 14.1. The van der Waals surface area contributed by atoms with Crippen molar-refractivity contribution in [1.82, 2.24) is 4.98 Å². The van der Waals surface area contributed by atoms with Gasteiger partial charge in [0.2, 0.25) is 11.8 Å². The van der Waals surface area contributed by atoms with Crippen LogP contribution in [0.3, 0.4) is 0 Å². The standard InChI is InChI=1S/C36H32N4O8S2/c1-3-47-25-14-18(7-12-24(25)48-16-26(41)37-19-6-4-5-17(2)13-19)27-28-22-15-23(31(28)49-33-32(27)50-36(44)38-33)30-29(22)34(42)39(35(30)43)20-8-10-21(11-9-20)40(45)46/h4-14,22-23,27-31H,3,15-16H2,1-2H3,(H,37,41)(H,38,44)/t22-,23-,27+,28-,29+,30+,31-/m1/s1. The third-order valence-electron chi connectivity index (χ3n) is 10.3. The van der Waals surface area contributed by atoms with E-state index in [-0.39, 0.29) is 63.8 Å². The minimum absolute atomic E-state index is 0.0191. The number of carbonyl (C=O) groups is 3. The van der Waals surface area contributed by atoms with Gasteiger partial charge in [0.1, 0.15) is 0 Å². The average Bonchev–Trinajstić information content (AvgIpc) is 3.83. The lowest BCUT2D eigenvalue weighted by Crippen LogP contribution is -2.42. The number of benzene rings is 3. The zero-order chi connectivity index (χ0) is 34.8. The van der Waals surface area contributed by atoms with Gasteiger partial charge in [-0.3, -0.25) is 34.2 Å². The van der Waals surface area contributed by atoms with E-state index in [2.05, 4.69) is 10.3 Å². The van der Waals surface area contributed by atoms with Crippen LogP contribution in [0.15, 0.2) is 76.6 Å². The number of rotatable bonds is 9. The topological polar surface area (TPSA) is 161 Å². The molecule has 1 aromatic heterocycles. The Morgan fingerprint density at radius 3 is 2.48 bits per heavy atom. The lowest BCUT2D eigenvalue weighted by Gasteiger charge is -2.43. The van der Waals surface area contributed by atoms with Crippen LogP contribution in [0, 0.1) is 46.6 Å². The van der Waals surface area contributed by atoms with Crippen molar-refractivity contribution >= 4 is 57.9 Å². The number of thioether (sulfide) groups is 1. The minimum Gasteiger partial charge on any atom is -0.490 e. The third kappa shape index (κ3) is 5.28. The molecule has 2 bridgehead atoms. The molecular formula is C36H32N4O8S2. The summed E-state index contributed by atoms with van der Waals surface area (Å²) in [6.07, 6.45) is 0.717. The summed E-state index contributed by atoms with van der Waals surface area (Å²) in [6.45, 7) is 3.94. The Kier molecular flexibility index (Phi) is 8.02. The van der Waals surface area contributed by atoms with Gasteiger partial charge >= 0.3 is 4.87 Å². The Hall–Kier alpha value is -4.95. The number of hydrogen-bond acceptors (Lipinski definition) is 10. The van der Waals surface area contributed by atoms with Gasteiger partial charge in [-0.15, -0.1) is 11.8 Å². The number of fused-ring (bicyclic) bond motifs is 9. The third-order valence-corrected chi connectivity index (χ3v) is 12.9. The number of non-ortho nitro benzene ring substituents is 1. The number of ether oxygens (including phenoxy) is 2. The molecule has 1 saturated heterocycles. The largest absolute Gasteiger partial charge is 0.490 e. The number of carbonyl (C=O) groups excluding carboxylic acids is 3. The Labute approximate surface area is 294 Å². The smallest absolute Gasteiger partial charge is 0.305 e. The van der Waals surface area contributed by atoms with Gasteiger partial charge in [-0.05, 0) is 85.5 Å². The molecule has 50 heavy (non-hydrogen) atoms. The van der Waals surface area contributed by atoms with Crippen LogP contribution in [0.1, 0.15) is 35.3 Å². The quantitative estimate of drug-likeness (QED) is 0.125. The highest BCUT2D eigenvalue weighted by Crippen LogP contribution is 2.68. The van der Waals surface area contributed by atoms with Crippen LogP contribution in [0.25, 0.3) is 0 Å². The van der Waals surface area contributed by atoms with E-state index in [4.69, 9.17) is 9.47 Å². The molecule has 3 fully saturated rings. The van der Waals surface area contributed by atoms with Crippen LogP contribution in [0.5, 0.6) is 11.5 Å². The summed E-state index contributed by atoms with van der Waals surface area (Å²) in [4.78, 5) is 69.1. The Morgan fingerprint density at radius 2 is 1.76 bits per heavy atom. The van der Waals surface area contributed by atoms with Gasteiger partial charge < -0.3 is 19.8 Å². The van der Waals surface area contributed by atoms with Crippen molar-refractivity contribution in [2.24, 2.45) is 29.6 Å². The van der Waals surface area contributed by atoms with Crippen LogP contribution in [-0.4, -0.2) is 46.1 Å². The summed E-state index contributed by atoms with van der Waals surface area (Å²) in [5.41, 5.74) is 2.81. The van der Waals surface area contributed by atoms with Crippen LogP contribution in [-0.2, 0) is 14.4 Å². The first-order chi connectivity index (χ1) is 24.1. The molecule has 12 nitrogen and oxygen atoms in total. The molecule has 3 amide bonds. The molecule has 3 heterocycles. The van der Waals surface area contributed by atoms with Crippen LogP contribution < -0.4 is 24.6 Å². The fourth-order valence-electron chi connectivity index (χ4n) is 8.54. The summed E-state index contributed by atoms with van der Waals surface area (Å²) < 4.78 is 12.0. The van der Waals surface area contributed by atoms with Gasteiger partial charge in [0.15, 0.2) is 18.1 Å². The first-order valence-corrected chi connectivity index (χ1v) is 18.1. The Bertz CT molecular complexity index is 2110. The van der Waals surface area contributed by atoms with E-state index in [1.165, 1.54) is 29.2 Å². The van der Waals surface area contributed by atoms with Crippen molar-refractivity contribution in [1.29, 1.82) is 0 Å². The summed E-state index contributed by atoms with van der Waals surface area (Å²) in [5, 5.41) is 14.8. The lowest BCUT2D eigenvalue weighted by molar-refractivity contribution is -0.384. The fraction of sp³-hybridized carbons (Fsp3) is 0.333. The maximum absolute atomic E-state index is 14.1. The van der Waals surface area contributed by atoms with Gasteiger partial charge in [-0.25, -0.2) is 0 Å². The summed E-state index contributed by atoms with van der Waals surface area (Å²) in [7, 11) is 0. The molecule has 2 aliphatic carbocycles. The zero-order valence-electron chi connectivity index (χ0n) is 27.0. The van der Waals surface area contributed by atoms with Crippen LogP contribution >= 0.6 is 23.1 Å². The number of hydrogen-bond donors (Lipinski definition) is 2. The van der Waals surface area contributed by atoms with Gasteiger partial charge in [-0.2, -0.15) is 0 Å². The number of nitrogens with zero attached hydrogens (tertiary/aromatic N) is 2. The summed E-state index contributed by atoms with van der Waals surface area (Å²) in [5.74, 6) is -1.50. The predicted molar refractivity (Wildman–Crippen MR) is 187 cm³/mol. The first kappa shape index (κ1) is 32.3. The number of nitro groups is 1.